The largest absolute Gasteiger partial charge is 0.609 e. The van der Waals surface area contributed by atoms with Gasteiger partial charge in [0.05, 0.1) is 35.9 Å². The highest BCUT2D eigenvalue weighted by Crippen LogP contribution is 2.34. The Morgan fingerprint density at radius 3 is 2.63 bits per heavy atom. The van der Waals surface area contributed by atoms with Gasteiger partial charge in [-0.05, 0) is 90.4 Å². The molecule has 0 saturated heterocycles. The molecule has 6 rings (SSSR count). The van der Waals surface area contributed by atoms with Crippen LogP contribution in [0.1, 0.15) is 64.6 Å². The Bertz CT molecular complexity index is 1970. The van der Waals surface area contributed by atoms with E-state index in [1.807, 2.05) is 41.0 Å². The summed E-state index contributed by atoms with van der Waals surface area (Å²) in [7, 11) is 0. The van der Waals surface area contributed by atoms with Gasteiger partial charge in [0.2, 0.25) is 0 Å². The van der Waals surface area contributed by atoms with E-state index in [9.17, 15) is 9.35 Å². The minimum absolute atomic E-state index is 0.147. The fraction of sp³-hybridized carbons (Fsp3) is 0.390. The lowest BCUT2D eigenvalue weighted by Gasteiger charge is -2.27. The Labute approximate surface area is 309 Å². The Balaban J connectivity index is 1.16. The van der Waals surface area contributed by atoms with Crippen LogP contribution in [0.3, 0.4) is 0 Å². The van der Waals surface area contributed by atoms with Gasteiger partial charge >= 0.3 is 5.16 Å². The number of aromatic amines is 1. The lowest BCUT2D eigenvalue weighted by molar-refractivity contribution is -0.112. The molecule has 0 radical (unpaired) electrons. The number of ether oxygens (including phenoxy) is 2. The van der Waals surface area contributed by atoms with Crippen molar-refractivity contribution in [1.29, 1.82) is 0 Å². The molecule has 11 heteroatoms. The highest BCUT2D eigenvalue weighted by atomic mass is 32.2. The number of hydrogen-bond donors (Lipinski definition) is 2. The van der Waals surface area contributed by atoms with Crippen molar-refractivity contribution in [2.24, 2.45) is 5.92 Å². The molecular formula is C41H50N6O4S. The maximum absolute atomic E-state index is 13.8. The quantitative estimate of drug-likeness (QED) is 0.0733. The maximum atomic E-state index is 13.8. The van der Waals surface area contributed by atoms with Gasteiger partial charge in [0.15, 0.2) is 5.75 Å². The number of hydrogen-bond acceptors (Lipinski definition) is 7. The number of amides is 1. The summed E-state index contributed by atoms with van der Waals surface area (Å²) in [4.78, 5) is 28.3. The lowest BCUT2D eigenvalue weighted by Crippen LogP contribution is -2.29. The van der Waals surface area contributed by atoms with Crippen molar-refractivity contribution in [3.63, 3.8) is 0 Å². The van der Waals surface area contributed by atoms with Gasteiger partial charge in [-0.2, -0.15) is 4.98 Å². The predicted octanol–water partition coefficient (Wildman–Crippen LogP) is 8.23. The monoisotopic (exact) mass is 722 g/mol. The van der Waals surface area contributed by atoms with E-state index in [0.29, 0.717) is 53.2 Å². The first-order chi connectivity index (χ1) is 25.3. The topological polar surface area (TPSA) is 120 Å². The molecule has 2 N–H and O–H groups in total. The average molecular weight is 723 g/mol. The summed E-state index contributed by atoms with van der Waals surface area (Å²) in [6.07, 6.45) is 9.32. The van der Waals surface area contributed by atoms with E-state index in [1.54, 1.807) is 12.5 Å². The summed E-state index contributed by atoms with van der Waals surface area (Å²) in [6, 6.07) is 20.2. The number of anilines is 2. The van der Waals surface area contributed by atoms with E-state index in [1.165, 1.54) is 0 Å². The van der Waals surface area contributed by atoms with Gasteiger partial charge < -0.3 is 28.8 Å². The summed E-state index contributed by atoms with van der Waals surface area (Å²) in [5, 5.41) is 3.51. The average Bonchev–Trinajstić information content (AvgIpc) is 3.72. The molecule has 5 aromatic rings. The van der Waals surface area contributed by atoms with Crippen LogP contribution in [-0.4, -0.2) is 62.9 Å². The Kier molecular flexibility index (Phi) is 12.7. The maximum Gasteiger partial charge on any atom is 0.322 e. The summed E-state index contributed by atoms with van der Waals surface area (Å²) in [5.74, 6) is 1.45. The molecule has 274 valence electrons. The van der Waals surface area contributed by atoms with Gasteiger partial charge in [0.25, 0.3) is 5.91 Å². The first-order valence-electron chi connectivity index (χ1n) is 18.4. The summed E-state index contributed by atoms with van der Waals surface area (Å²) >= 11 is -1.37. The molecule has 1 amide bonds. The molecule has 0 saturated carbocycles. The van der Waals surface area contributed by atoms with Crippen LogP contribution in [0.25, 0.3) is 28.2 Å². The molecule has 3 aromatic carbocycles. The first-order valence-corrected chi connectivity index (χ1v) is 19.7. The number of rotatable bonds is 17. The van der Waals surface area contributed by atoms with Crippen LogP contribution < -0.4 is 15.0 Å². The summed E-state index contributed by atoms with van der Waals surface area (Å²) in [5.41, 5.74) is 7.95. The minimum Gasteiger partial charge on any atom is -0.609 e. The van der Waals surface area contributed by atoms with Crippen molar-refractivity contribution in [3.8, 4) is 16.9 Å². The highest BCUT2D eigenvalue weighted by molar-refractivity contribution is 7.90. The van der Waals surface area contributed by atoms with Crippen molar-refractivity contribution in [2.45, 2.75) is 70.8 Å². The number of carbonyl (C=O) groups is 1. The van der Waals surface area contributed by atoms with E-state index in [0.717, 1.165) is 84.8 Å². The second-order valence-corrected chi connectivity index (χ2v) is 15.0. The van der Waals surface area contributed by atoms with Crippen LogP contribution in [0, 0.1) is 5.92 Å². The molecule has 0 fully saturated rings. The van der Waals surface area contributed by atoms with Crippen molar-refractivity contribution >= 4 is 45.6 Å². The molecule has 1 aliphatic rings. The zero-order valence-corrected chi connectivity index (χ0v) is 31.5. The lowest BCUT2D eigenvalue weighted by atomic mass is 10.00. The van der Waals surface area contributed by atoms with Crippen LogP contribution in [0.5, 0.6) is 5.75 Å². The molecule has 1 unspecified atom stereocenters. The third kappa shape index (κ3) is 9.44. The number of aryl methyl sites for hydroxylation is 1. The zero-order chi connectivity index (χ0) is 36.5. The van der Waals surface area contributed by atoms with E-state index in [4.69, 9.17) is 9.47 Å². The van der Waals surface area contributed by atoms with E-state index in [-0.39, 0.29) is 5.91 Å². The second kappa shape index (κ2) is 17.8. The third-order valence-corrected chi connectivity index (χ3v) is 10.2. The number of H-pyrrole nitrogens is 1. The second-order valence-electron chi connectivity index (χ2n) is 13.7. The number of nitrogens with one attached hydrogen (secondary N) is 2. The van der Waals surface area contributed by atoms with Gasteiger partial charge in [0.1, 0.15) is 12.4 Å². The predicted molar refractivity (Wildman–Crippen MR) is 210 cm³/mol. The molecule has 52 heavy (non-hydrogen) atoms. The normalized spacial score (nSPS) is 13.6. The van der Waals surface area contributed by atoms with E-state index in [2.05, 4.69) is 83.2 Å². The van der Waals surface area contributed by atoms with E-state index >= 15 is 0 Å². The number of unbranched alkanes of at least 4 members (excludes halogenated alkanes) is 1. The van der Waals surface area contributed by atoms with Crippen molar-refractivity contribution in [1.82, 2.24) is 19.5 Å². The summed E-state index contributed by atoms with van der Waals surface area (Å²) in [6.45, 7) is 13.0. The number of carbonyl (C=O) groups excluding carboxylic acids is 1. The molecular weight excluding hydrogens is 673 g/mol. The van der Waals surface area contributed by atoms with Crippen molar-refractivity contribution in [3.05, 3.63) is 90.0 Å². The van der Waals surface area contributed by atoms with E-state index < -0.39 is 11.2 Å². The molecule has 2 aromatic heterocycles. The molecule has 1 aliphatic heterocycles. The number of nitrogens with zero attached hydrogens (tertiary/aromatic N) is 4. The van der Waals surface area contributed by atoms with Crippen LogP contribution in [-0.2, 0) is 33.0 Å². The molecule has 10 nitrogen and oxygen atoms in total. The first kappa shape index (κ1) is 37.2. The number of fused-ring (bicyclic) bond motifs is 2. The zero-order valence-electron chi connectivity index (χ0n) is 30.7. The molecule has 3 heterocycles. The summed E-state index contributed by atoms with van der Waals surface area (Å²) < 4.78 is 26.7. The number of aromatic nitrogens is 4. The van der Waals surface area contributed by atoms with Gasteiger partial charge in [0, 0.05) is 54.4 Å². The molecule has 1 atom stereocenters. The van der Waals surface area contributed by atoms with Crippen molar-refractivity contribution in [2.75, 3.05) is 43.1 Å². The SMILES string of the molecule is CCCCOCCOc1ccc(-c2ccc3c(c2)C=C(C(=O)Nc2ccc4[nH]c([S+]([O-])Cc5cncn5CCC)nc4c2)CCN3CC(C)C)cc1. The van der Waals surface area contributed by atoms with Gasteiger partial charge in [-0.1, -0.05) is 52.3 Å². The van der Waals surface area contributed by atoms with Crippen LogP contribution >= 0.6 is 0 Å². The minimum atomic E-state index is -1.37. The molecule has 0 aliphatic carbocycles. The molecule has 0 spiro atoms. The smallest absolute Gasteiger partial charge is 0.322 e. The van der Waals surface area contributed by atoms with Gasteiger partial charge in [-0.15, -0.1) is 0 Å². The van der Waals surface area contributed by atoms with Crippen molar-refractivity contribution < 1.29 is 18.8 Å². The number of benzene rings is 3. The fourth-order valence-corrected chi connectivity index (χ4v) is 7.46. The van der Waals surface area contributed by atoms with Crippen LogP contribution in [0.2, 0.25) is 0 Å². The highest BCUT2D eigenvalue weighted by Gasteiger charge is 2.23. The third-order valence-electron chi connectivity index (χ3n) is 9.03. The number of imidazole rings is 2. The van der Waals surface area contributed by atoms with Gasteiger partial charge in [-0.3, -0.25) is 9.78 Å². The van der Waals surface area contributed by atoms with Crippen LogP contribution in [0.15, 0.2) is 83.9 Å². The standard InChI is InChI=1S/C41H50N6O4S/c1-5-7-19-50-20-21-51-36-12-8-30(9-13-36)31-10-15-39-33(22-31)23-32(16-18-46(39)26-29(3)4)40(48)43-34-11-14-37-38(24-34)45-41(44-37)52(49)27-35-25-42-28-47(35)17-6-2/h8-15,22-25,28-29H,5-7,16-21,26-27H2,1-4H3,(H,43,48)(H,44,45). The van der Waals surface area contributed by atoms with Crippen LogP contribution in [0.4, 0.5) is 11.4 Å². The molecule has 0 bridgehead atoms. The Morgan fingerprint density at radius 2 is 1.85 bits per heavy atom. The van der Waals surface area contributed by atoms with Gasteiger partial charge in [-0.25, -0.2) is 4.98 Å². The fourth-order valence-electron chi connectivity index (χ4n) is 6.39. The Hall–Kier alpha value is -4.58. The Morgan fingerprint density at radius 1 is 1.02 bits per heavy atom.